The van der Waals surface area contributed by atoms with Crippen LogP contribution in [0, 0.1) is 0 Å². The minimum atomic E-state index is -0.900. The van der Waals surface area contributed by atoms with E-state index in [9.17, 15) is 9.59 Å². The second-order valence-electron chi connectivity index (χ2n) is 4.34. The number of hydrogen-bond acceptors (Lipinski definition) is 2. The van der Waals surface area contributed by atoms with Crippen molar-refractivity contribution in [2.24, 2.45) is 0 Å². The van der Waals surface area contributed by atoms with Gasteiger partial charge in [0.2, 0.25) is 0 Å². The van der Waals surface area contributed by atoms with Crippen LogP contribution in [0.5, 0.6) is 0 Å². The SMILES string of the molecule is CCC(C)N(C)C(=O)N1CCC[C@@H]1C(=O)O. The normalized spacial score (nSPS) is 21.9. The van der Waals surface area contributed by atoms with E-state index in [-0.39, 0.29) is 12.1 Å². The number of carbonyl (C=O) groups excluding carboxylic acids is 1. The van der Waals surface area contributed by atoms with Gasteiger partial charge in [0.25, 0.3) is 0 Å². The van der Waals surface area contributed by atoms with E-state index in [1.165, 1.54) is 4.90 Å². The van der Waals surface area contributed by atoms with Crippen LogP contribution >= 0.6 is 0 Å². The minimum absolute atomic E-state index is 0.141. The maximum absolute atomic E-state index is 12.0. The van der Waals surface area contributed by atoms with E-state index in [0.29, 0.717) is 13.0 Å². The number of carboxylic acid groups (broad SMARTS) is 1. The summed E-state index contributed by atoms with van der Waals surface area (Å²) < 4.78 is 0. The number of hydrogen-bond donors (Lipinski definition) is 1. The topological polar surface area (TPSA) is 60.9 Å². The van der Waals surface area contributed by atoms with E-state index in [0.717, 1.165) is 12.8 Å². The number of urea groups is 1. The first kappa shape index (κ1) is 12.8. The number of aliphatic carboxylic acids is 1. The summed E-state index contributed by atoms with van der Waals surface area (Å²) >= 11 is 0. The molecule has 0 bridgehead atoms. The highest BCUT2D eigenvalue weighted by molar-refractivity contribution is 5.83. The molecule has 0 aromatic heterocycles. The van der Waals surface area contributed by atoms with Crippen LogP contribution in [-0.2, 0) is 4.79 Å². The number of likely N-dealkylation sites (tertiary alicyclic amines) is 1. The Labute approximate surface area is 96.0 Å². The molecule has 1 unspecified atom stereocenters. The van der Waals surface area contributed by atoms with Gasteiger partial charge in [0.15, 0.2) is 0 Å². The number of nitrogens with zero attached hydrogens (tertiary/aromatic N) is 2. The summed E-state index contributed by atoms with van der Waals surface area (Å²) in [5.74, 6) is -0.900. The second kappa shape index (κ2) is 5.18. The highest BCUT2D eigenvalue weighted by Crippen LogP contribution is 2.19. The van der Waals surface area contributed by atoms with Crippen molar-refractivity contribution >= 4 is 12.0 Å². The van der Waals surface area contributed by atoms with Crippen molar-refractivity contribution < 1.29 is 14.7 Å². The molecule has 1 aliphatic rings. The monoisotopic (exact) mass is 228 g/mol. The van der Waals surface area contributed by atoms with E-state index in [2.05, 4.69) is 0 Å². The number of rotatable bonds is 3. The fourth-order valence-corrected chi connectivity index (χ4v) is 1.92. The summed E-state index contributed by atoms with van der Waals surface area (Å²) in [6, 6.07) is -0.666. The van der Waals surface area contributed by atoms with Crippen molar-refractivity contribution in [2.75, 3.05) is 13.6 Å². The Balaban J connectivity index is 2.69. The van der Waals surface area contributed by atoms with Gasteiger partial charge in [-0.1, -0.05) is 6.92 Å². The molecule has 1 heterocycles. The number of amides is 2. The predicted octanol–water partition coefficient (Wildman–Crippen LogP) is 1.39. The van der Waals surface area contributed by atoms with Gasteiger partial charge >= 0.3 is 12.0 Å². The van der Waals surface area contributed by atoms with Crippen molar-refractivity contribution in [1.82, 2.24) is 9.80 Å². The average Bonchev–Trinajstić information content (AvgIpc) is 2.74. The molecule has 1 N–H and O–H groups in total. The van der Waals surface area contributed by atoms with Gasteiger partial charge < -0.3 is 14.9 Å². The molecule has 16 heavy (non-hydrogen) atoms. The van der Waals surface area contributed by atoms with Crippen LogP contribution in [0.15, 0.2) is 0 Å². The lowest BCUT2D eigenvalue weighted by molar-refractivity contribution is -0.141. The molecule has 0 saturated carbocycles. The Kier molecular flexibility index (Phi) is 4.15. The summed E-state index contributed by atoms with van der Waals surface area (Å²) in [5, 5.41) is 9.00. The Morgan fingerprint density at radius 2 is 2.19 bits per heavy atom. The lowest BCUT2D eigenvalue weighted by Crippen LogP contribution is -2.49. The molecular weight excluding hydrogens is 208 g/mol. The molecule has 2 atom stereocenters. The summed E-state index contributed by atoms with van der Waals surface area (Å²) in [4.78, 5) is 26.1. The van der Waals surface area contributed by atoms with E-state index >= 15 is 0 Å². The van der Waals surface area contributed by atoms with Crippen LogP contribution in [-0.4, -0.2) is 52.6 Å². The van der Waals surface area contributed by atoms with Gasteiger partial charge in [-0.15, -0.1) is 0 Å². The molecule has 0 spiro atoms. The molecule has 0 aliphatic carbocycles. The number of carbonyl (C=O) groups is 2. The van der Waals surface area contributed by atoms with Gasteiger partial charge in [0.1, 0.15) is 6.04 Å². The third kappa shape index (κ3) is 2.46. The molecule has 1 aliphatic heterocycles. The summed E-state index contributed by atoms with van der Waals surface area (Å²) in [6.07, 6.45) is 2.21. The van der Waals surface area contributed by atoms with Gasteiger partial charge in [0.05, 0.1) is 0 Å². The fraction of sp³-hybridized carbons (Fsp3) is 0.818. The van der Waals surface area contributed by atoms with Crippen LogP contribution in [0.2, 0.25) is 0 Å². The Bertz CT molecular complexity index is 280. The average molecular weight is 228 g/mol. The molecule has 1 saturated heterocycles. The smallest absolute Gasteiger partial charge is 0.326 e. The molecule has 0 aromatic carbocycles. The first-order valence-corrected chi connectivity index (χ1v) is 5.75. The third-order valence-corrected chi connectivity index (χ3v) is 3.34. The van der Waals surface area contributed by atoms with Crippen molar-refractivity contribution in [3.8, 4) is 0 Å². The molecule has 92 valence electrons. The Hall–Kier alpha value is -1.26. The first-order valence-electron chi connectivity index (χ1n) is 5.75. The molecule has 2 amide bonds. The highest BCUT2D eigenvalue weighted by Gasteiger charge is 2.35. The zero-order chi connectivity index (χ0) is 12.3. The largest absolute Gasteiger partial charge is 0.480 e. The molecule has 1 rings (SSSR count). The van der Waals surface area contributed by atoms with Crippen molar-refractivity contribution in [3.63, 3.8) is 0 Å². The van der Waals surface area contributed by atoms with Crippen molar-refractivity contribution in [2.45, 2.75) is 45.2 Å². The van der Waals surface area contributed by atoms with Crippen LogP contribution in [0.1, 0.15) is 33.1 Å². The van der Waals surface area contributed by atoms with Gasteiger partial charge in [-0.05, 0) is 26.2 Å². The lowest BCUT2D eigenvalue weighted by Gasteiger charge is -2.31. The van der Waals surface area contributed by atoms with Crippen LogP contribution < -0.4 is 0 Å². The molecule has 5 heteroatoms. The molecule has 0 aromatic rings. The zero-order valence-electron chi connectivity index (χ0n) is 10.1. The predicted molar refractivity (Wildman–Crippen MR) is 60.3 cm³/mol. The van der Waals surface area contributed by atoms with Crippen molar-refractivity contribution in [1.29, 1.82) is 0 Å². The lowest BCUT2D eigenvalue weighted by atomic mass is 10.2. The summed E-state index contributed by atoms with van der Waals surface area (Å²) in [7, 11) is 1.73. The van der Waals surface area contributed by atoms with Gasteiger partial charge in [0, 0.05) is 19.6 Å². The van der Waals surface area contributed by atoms with Gasteiger partial charge in [-0.25, -0.2) is 9.59 Å². The van der Waals surface area contributed by atoms with Crippen LogP contribution in [0.25, 0.3) is 0 Å². The van der Waals surface area contributed by atoms with E-state index in [1.807, 2.05) is 13.8 Å². The zero-order valence-corrected chi connectivity index (χ0v) is 10.1. The molecule has 5 nitrogen and oxygen atoms in total. The van der Waals surface area contributed by atoms with Crippen LogP contribution in [0.3, 0.4) is 0 Å². The van der Waals surface area contributed by atoms with Crippen LogP contribution in [0.4, 0.5) is 4.79 Å². The maximum atomic E-state index is 12.0. The molecule has 1 fully saturated rings. The minimum Gasteiger partial charge on any atom is -0.480 e. The Morgan fingerprint density at radius 3 is 2.69 bits per heavy atom. The van der Waals surface area contributed by atoms with E-state index in [4.69, 9.17) is 5.11 Å². The standard InChI is InChI=1S/C11H20N2O3/c1-4-8(2)12(3)11(16)13-7-5-6-9(13)10(14)15/h8-9H,4-7H2,1-3H3,(H,14,15)/t8?,9-/m1/s1. The molecule has 0 radical (unpaired) electrons. The quantitative estimate of drug-likeness (QED) is 0.794. The maximum Gasteiger partial charge on any atom is 0.326 e. The fourth-order valence-electron chi connectivity index (χ4n) is 1.92. The molecular formula is C11H20N2O3. The summed E-state index contributed by atoms with van der Waals surface area (Å²) in [5.41, 5.74) is 0. The first-order chi connectivity index (χ1) is 7.49. The summed E-state index contributed by atoms with van der Waals surface area (Å²) in [6.45, 7) is 4.52. The Morgan fingerprint density at radius 1 is 1.56 bits per heavy atom. The van der Waals surface area contributed by atoms with Gasteiger partial charge in [-0.2, -0.15) is 0 Å². The van der Waals surface area contributed by atoms with Crippen molar-refractivity contribution in [3.05, 3.63) is 0 Å². The highest BCUT2D eigenvalue weighted by atomic mass is 16.4. The third-order valence-electron chi connectivity index (χ3n) is 3.34. The number of carboxylic acids is 1. The second-order valence-corrected chi connectivity index (χ2v) is 4.34. The van der Waals surface area contributed by atoms with Gasteiger partial charge in [-0.3, -0.25) is 0 Å². The van der Waals surface area contributed by atoms with E-state index in [1.54, 1.807) is 11.9 Å². The van der Waals surface area contributed by atoms with E-state index < -0.39 is 12.0 Å².